The van der Waals surface area contributed by atoms with Crippen molar-refractivity contribution in [3.8, 4) is 11.3 Å². The summed E-state index contributed by atoms with van der Waals surface area (Å²) >= 11 is 7.08. The molecule has 2 aliphatic rings. The topological polar surface area (TPSA) is 112 Å². The van der Waals surface area contributed by atoms with Crippen LogP contribution in [0.5, 0.6) is 0 Å². The summed E-state index contributed by atoms with van der Waals surface area (Å²) in [5.74, 6) is -1.18. The van der Waals surface area contributed by atoms with Crippen LogP contribution in [0.15, 0.2) is 30.6 Å². The third kappa shape index (κ3) is 6.68. The number of nitrogens with one attached hydrogen (secondary N) is 1. The van der Waals surface area contributed by atoms with Crippen molar-refractivity contribution >= 4 is 45.8 Å². The average Bonchev–Trinajstić information content (AvgIpc) is 3.59. The van der Waals surface area contributed by atoms with Gasteiger partial charge in [0.05, 0.1) is 34.6 Å². The van der Waals surface area contributed by atoms with Gasteiger partial charge in [-0.25, -0.2) is 15.0 Å². The summed E-state index contributed by atoms with van der Waals surface area (Å²) in [6, 6.07) is 4.09. The first-order valence-corrected chi connectivity index (χ1v) is 14.9. The predicted octanol–water partition coefficient (Wildman–Crippen LogP) is 6.20. The normalized spacial score (nSPS) is 18.4. The van der Waals surface area contributed by atoms with E-state index in [9.17, 15) is 27.9 Å². The lowest BCUT2D eigenvalue weighted by molar-refractivity contribution is -0.142. The van der Waals surface area contributed by atoms with E-state index in [1.807, 2.05) is 4.90 Å². The van der Waals surface area contributed by atoms with E-state index < -0.39 is 28.6 Å². The first kappa shape index (κ1) is 30.2. The minimum atomic E-state index is -4.63. The Bertz CT molecular complexity index is 1440. The quantitative estimate of drug-likeness (QED) is 0.305. The fraction of sp³-hybridized carbons (Fsp3) is 0.464. The van der Waals surface area contributed by atoms with Crippen LogP contribution in [0.25, 0.3) is 11.3 Å². The number of carboxylic acid groups (broad SMARTS) is 1. The molecule has 3 aromatic rings. The van der Waals surface area contributed by atoms with E-state index in [0.29, 0.717) is 50.0 Å². The highest BCUT2D eigenvalue weighted by molar-refractivity contribution is 7.16. The number of carbonyl (C=O) groups is 2. The minimum absolute atomic E-state index is 0.0499. The Balaban J connectivity index is 1.36. The fourth-order valence-corrected chi connectivity index (χ4v) is 6.73. The van der Waals surface area contributed by atoms with Crippen LogP contribution in [-0.4, -0.2) is 62.5 Å². The van der Waals surface area contributed by atoms with Gasteiger partial charge in [-0.15, -0.1) is 0 Å². The van der Waals surface area contributed by atoms with Crippen molar-refractivity contribution in [3.63, 3.8) is 0 Å². The molecule has 42 heavy (non-hydrogen) atoms. The van der Waals surface area contributed by atoms with Crippen LogP contribution in [0.3, 0.4) is 0 Å². The van der Waals surface area contributed by atoms with Gasteiger partial charge in [0.25, 0.3) is 5.91 Å². The van der Waals surface area contributed by atoms with Gasteiger partial charge in [0.15, 0.2) is 5.13 Å². The number of carbonyl (C=O) groups excluding carboxylic acids is 1. The number of hydrogen-bond donors (Lipinski definition) is 2. The second-order valence-electron chi connectivity index (χ2n) is 10.5. The molecule has 0 bridgehead atoms. The number of rotatable bonds is 8. The molecule has 2 aliphatic heterocycles. The van der Waals surface area contributed by atoms with Gasteiger partial charge in [-0.2, -0.15) is 13.2 Å². The zero-order valence-corrected chi connectivity index (χ0v) is 24.4. The van der Waals surface area contributed by atoms with Crippen LogP contribution >= 0.6 is 22.9 Å². The number of nitrogens with zero attached hydrogens (tertiary/aromatic N) is 5. The number of piperidine rings is 1. The van der Waals surface area contributed by atoms with Crippen molar-refractivity contribution in [2.75, 3.05) is 29.9 Å². The van der Waals surface area contributed by atoms with Crippen LogP contribution in [0.1, 0.15) is 60.0 Å². The van der Waals surface area contributed by atoms with Gasteiger partial charge in [-0.1, -0.05) is 35.9 Å². The van der Waals surface area contributed by atoms with Crippen LogP contribution < -0.4 is 10.2 Å². The molecule has 2 saturated heterocycles. The third-order valence-corrected chi connectivity index (χ3v) is 9.10. The van der Waals surface area contributed by atoms with Gasteiger partial charge in [0.2, 0.25) is 0 Å². The number of alkyl halides is 3. The number of amides is 1. The van der Waals surface area contributed by atoms with E-state index in [4.69, 9.17) is 11.6 Å². The number of anilines is 2. The predicted molar refractivity (Wildman–Crippen MR) is 154 cm³/mol. The first-order valence-electron chi connectivity index (χ1n) is 13.8. The number of halogens is 4. The molecule has 1 aromatic carbocycles. The molecule has 0 aliphatic carbocycles. The van der Waals surface area contributed by atoms with E-state index >= 15 is 0 Å². The number of thiazole rings is 1. The molecule has 2 aromatic heterocycles. The van der Waals surface area contributed by atoms with Gasteiger partial charge in [-0.05, 0) is 50.8 Å². The zero-order valence-electron chi connectivity index (χ0n) is 22.8. The van der Waals surface area contributed by atoms with E-state index in [-0.39, 0.29) is 22.3 Å². The lowest BCUT2D eigenvalue weighted by atomic mass is 9.97. The van der Waals surface area contributed by atoms with Crippen LogP contribution in [-0.2, 0) is 17.5 Å². The summed E-state index contributed by atoms with van der Waals surface area (Å²) in [6.07, 6.45) is 2.25. The Morgan fingerprint density at radius 1 is 1.14 bits per heavy atom. The lowest BCUT2D eigenvalue weighted by Gasteiger charge is -2.30. The minimum Gasteiger partial charge on any atom is -0.481 e. The first-order chi connectivity index (χ1) is 20.0. The van der Waals surface area contributed by atoms with Crippen molar-refractivity contribution in [3.05, 3.63) is 51.7 Å². The average molecular weight is 623 g/mol. The smallest absolute Gasteiger partial charge is 0.417 e. The van der Waals surface area contributed by atoms with Crippen LogP contribution in [0, 0.1) is 5.92 Å². The molecular formula is C28H30ClF3N6O3S. The van der Waals surface area contributed by atoms with Gasteiger partial charge >= 0.3 is 12.1 Å². The second-order valence-corrected chi connectivity index (χ2v) is 12.0. The number of hydrogen-bond acceptors (Lipinski definition) is 8. The standard InChI is InChI=1S/C28H30ClF3N6O3S/c1-2-18-4-3-9-38(18)15-22-24(17-5-6-20(29)19(12-17)28(30,31)32)35-27(42-22)36-25(39)21-13-34-23(14-33-21)37-10-7-16(8-11-37)26(40)41/h5-6,12-14,16,18H,2-4,7-11,15H2,1H3,(H,40,41)(H,35,36,39)/t18-/m1/s1. The van der Waals surface area contributed by atoms with Crippen LogP contribution in [0.2, 0.25) is 5.02 Å². The fourth-order valence-electron chi connectivity index (χ4n) is 5.50. The van der Waals surface area contributed by atoms with E-state index in [1.54, 1.807) is 0 Å². The number of aliphatic carboxylic acids is 1. The molecular weight excluding hydrogens is 593 g/mol. The van der Waals surface area contributed by atoms with Gasteiger partial charge < -0.3 is 10.0 Å². The van der Waals surface area contributed by atoms with Crippen LogP contribution in [0.4, 0.5) is 24.1 Å². The van der Waals surface area contributed by atoms with Gasteiger partial charge in [0, 0.05) is 36.1 Å². The molecule has 1 atom stereocenters. The molecule has 1 amide bonds. The molecule has 0 saturated carbocycles. The zero-order chi connectivity index (χ0) is 30.0. The van der Waals surface area contributed by atoms with Gasteiger partial charge in [-0.3, -0.25) is 19.8 Å². The Morgan fingerprint density at radius 2 is 1.90 bits per heavy atom. The Kier molecular flexibility index (Phi) is 9.00. The van der Waals surface area contributed by atoms with E-state index in [1.165, 1.54) is 35.9 Å². The molecule has 2 N–H and O–H groups in total. The Labute approximate surface area is 249 Å². The Morgan fingerprint density at radius 3 is 2.55 bits per heavy atom. The SMILES string of the molecule is CC[C@@H]1CCCN1Cc1sc(NC(=O)c2cnc(N3CCC(C(=O)O)CC3)cn2)nc1-c1ccc(Cl)c(C(F)(F)F)c1. The number of carboxylic acids is 1. The number of likely N-dealkylation sites (tertiary alicyclic amines) is 1. The largest absolute Gasteiger partial charge is 0.481 e. The molecule has 0 spiro atoms. The summed E-state index contributed by atoms with van der Waals surface area (Å²) in [7, 11) is 0. The molecule has 2 fully saturated rings. The molecule has 9 nitrogen and oxygen atoms in total. The molecule has 14 heteroatoms. The summed E-state index contributed by atoms with van der Waals surface area (Å²) in [6.45, 7) is 4.54. The second kappa shape index (κ2) is 12.5. The monoisotopic (exact) mass is 622 g/mol. The molecule has 0 unspecified atom stereocenters. The maximum Gasteiger partial charge on any atom is 0.417 e. The summed E-state index contributed by atoms with van der Waals surface area (Å²) in [5, 5.41) is 11.8. The van der Waals surface area contributed by atoms with Crippen molar-refractivity contribution in [2.45, 2.75) is 57.8 Å². The maximum atomic E-state index is 13.6. The van der Waals surface area contributed by atoms with Crippen molar-refractivity contribution in [1.29, 1.82) is 0 Å². The van der Waals surface area contributed by atoms with Gasteiger partial charge in [0.1, 0.15) is 11.5 Å². The molecule has 4 heterocycles. The Hall–Kier alpha value is -3.29. The van der Waals surface area contributed by atoms with E-state index in [0.717, 1.165) is 36.8 Å². The van der Waals surface area contributed by atoms with Crippen molar-refractivity contribution < 1.29 is 27.9 Å². The number of aromatic nitrogens is 3. The highest BCUT2D eigenvalue weighted by Crippen LogP contribution is 2.40. The van der Waals surface area contributed by atoms with E-state index in [2.05, 4.69) is 32.1 Å². The summed E-state index contributed by atoms with van der Waals surface area (Å²) in [4.78, 5) is 42.4. The summed E-state index contributed by atoms with van der Waals surface area (Å²) < 4.78 is 40.9. The highest BCUT2D eigenvalue weighted by Gasteiger charge is 2.34. The molecule has 224 valence electrons. The molecule has 0 radical (unpaired) electrons. The third-order valence-electron chi connectivity index (χ3n) is 7.82. The van der Waals surface area contributed by atoms with Crippen molar-refractivity contribution in [1.82, 2.24) is 19.9 Å². The van der Waals surface area contributed by atoms with Crippen molar-refractivity contribution in [2.24, 2.45) is 5.92 Å². The summed E-state index contributed by atoms with van der Waals surface area (Å²) in [5.41, 5.74) is -0.262. The number of benzene rings is 1. The highest BCUT2D eigenvalue weighted by atomic mass is 35.5. The molecule has 5 rings (SSSR count). The lowest BCUT2D eigenvalue weighted by Crippen LogP contribution is -2.36. The maximum absolute atomic E-state index is 13.6.